The third-order valence-electron chi connectivity index (χ3n) is 8.69. The fraction of sp³-hybridized carbons (Fsp3) is 0.791. The Morgan fingerprint density at radius 1 is 0.429 bits per heavy atom. The molecule has 0 aliphatic carbocycles. The Labute approximate surface area is 302 Å². The molecule has 6 heteroatoms. The zero-order valence-electron chi connectivity index (χ0n) is 32.2. The van der Waals surface area contributed by atoms with E-state index in [1.54, 1.807) is 6.08 Å². The van der Waals surface area contributed by atoms with Gasteiger partial charge in [-0.1, -0.05) is 186 Å². The molecule has 6 nitrogen and oxygen atoms in total. The van der Waals surface area contributed by atoms with Gasteiger partial charge in [0.05, 0.1) is 6.42 Å². The molecule has 0 aromatic heterocycles. The first-order chi connectivity index (χ1) is 24.0. The Morgan fingerprint density at radius 3 is 1.16 bits per heavy atom. The van der Waals surface area contributed by atoms with Crippen molar-refractivity contribution in [2.45, 2.75) is 207 Å². The second-order valence-corrected chi connectivity index (χ2v) is 13.5. The first-order valence-corrected chi connectivity index (χ1v) is 20.5. The summed E-state index contributed by atoms with van der Waals surface area (Å²) in [5.74, 6) is -1.04. The van der Waals surface area contributed by atoms with Crippen LogP contribution < -0.4 is 0 Å². The topological polar surface area (TPSA) is 78.9 Å². The molecule has 0 bridgehead atoms. The fourth-order valence-electron chi connectivity index (χ4n) is 5.62. The average molecular weight is 689 g/mol. The lowest BCUT2D eigenvalue weighted by molar-refractivity contribution is -0.166. The number of hydrogen-bond donors (Lipinski definition) is 0. The largest absolute Gasteiger partial charge is 0.462 e. The highest BCUT2D eigenvalue weighted by Gasteiger charge is 2.19. The van der Waals surface area contributed by atoms with E-state index < -0.39 is 12.1 Å². The summed E-state index contributed by atoms with van der Waals surface area (Å²) in [4.78, 5) is 37.4. The van der Waals surface area contributed by atoms with Crippen molar-refractivity contribution in [1.29, 1.82) is 0 Å². The Morgan fingerprint density at radius 2 is 0.776 bits per heavy atom. The number of carbonyl (C=O) groups excluding carboxylic acids is 3. The predicted octanol–water partition coefficient (Wildman–Crippen LogP) is 12.6. The van der Waals surface area contributed by atoms with Crippen LogP contribution in [0.3, 0.4) is 0 Å². The number of esters is 3. The molecule has 0 amide bonds. The maximum Gasteiger partial charge on any atom is 0.310 e. The summed E-state index contributed by atoms with van der Waals surface area (Å²) < 4.78 is 16.5. The van der Waals surface area contributed by atoms with Crippen LogP contribution in [0.1, 0.15) is 201 Å². The summed E-state index contributed by atoms with van der Waals surface area (Å²) in [5.41, 5.74) is 0. The summed E-state index contributed by atoms with van der Waals surface area (Å²) in [7, 11) is 0. The van der Waals surface area contributed by atoms with Gasteiger partial charge in [-0.05, 0) is 32.1 Å². The molecule has 1 atom stereocenters. The van der Waals surface area contributed by atoms with Crippen molar-refractivity contribution in [3.05, 3.63) is 36.5 Å². The minimum atomic E-state index is -0.811. The molecule has 284 valence electrons. The van der Waals surface area contributed by atoms with Crippen LogP contribution in [-0.4, -0.2) is 37.2 Å². The molecule has 0 N–H and O–H groups in total. The molecule has 0 aliphatic rings. The Kier molecular flexibility index (Phi) is 36.6. The lowest BCUT2D eigenvalue weighted by Gasteiger charge is -2.18. The van der Waals surface area contributed by atoms with Crippen molar-refractivity contribution in [2.24, 2.45) is 0 Å². The molecule has 0 aromatic carbocycles. The van der Waals surface area contributed by atoms with Crippen molar-refractivity contribution < 1.29 is 28.6 Å². The normalized spacial score (nSPS) is 12.3. The highest BCUT2D eigenvalue weighted by atomic mass is 16.6. The van der Waals surface area contributed by atoms with Gasteiger partial charge < -0.3 is 14.2 Å². The lowest BCUT2D eigenvalue weighted by atomic mass is 10.0. The van der Waals surface area contributed by atoms with E-state index in [0.717, 1.165) is 57.8 Å². The molecular formula is C43H76O6. The molecule has 1 unspecified atom stereocenters. The number of hydrogen-bond acceptors (Lipinski definition) is 6. The van der Waals surface area contributed by atoms with Crippen LogP contribution in [0.4, 0.5) is 0 Å². The molecule has 0 saturated heterocycles. The van der Waals surface area contributed by atoms with E-state index in [4.69, 9.17) is 14.2 Å². The molecule has 0 saturated carbocycles. The van der Waals surface area contributed by atoms with Crippen LogP contribution >= 0.6 is 0 Å². The van der Waals surface area contributed by atoms with Crippen molar-refractivity contribution in [2.75, 3.05) is 13.2 Å². The van der Waals surface area contributed by atoms with Crippen molar-refractivity contribution in [3.8, 4) is 0 Å². The predicted molar refractivity (Wildman–Crippen MR) is 206 cm³/mol. The second kappa shape index (κ2) is 38.4. The van der Waals surface area contributed by atoms with Crippen LogP contribution in [-0.2, 0) is 28.6 Å². The summed E-state index contributed by atoms with van der Waals surface area (Å²) >= 11 is 0. The molecule has 0 radical (unpaired) electrons. The summed E-state index contributed by atoms with van der Waals surface area (Å²) in [6.45, 7) is 6.39. The molecule has 49 heavy (non-hydrogen) atoms. The third kappa shape index (κ3) is 36.7. The van der Waals surface area contributed by atoms with Gasteiger partial charge in [0.25, 0.3) is 0 Å². The fourth-order valence-corrected chi connectivity index (χ4v) is 5.62. The number of allylic oxidation sites excluding steroid dienone is 5. The summed E-state index contributed by atoms with van der Waals surface area (Å²) in [6, 6.07) is 0. The average Bonchev–Trinajstić information content (AvgIpc) is 3.10. The van der Waals surface area contributed by atoms with E-state index in [2.05, 4.69) is 45.1 Å². The molecule has 0 rings (SSSR count). The molecule has 0 aromatic rings. The minimum absolute atomic E-state index is 0.105. The number of unbranched alkanes of at least 4 members (excludes halogenated alkanes) is 20. The molecule has 0 aliphatic heterocycles. The van der Waals surface area contributed by atoms with Crippen molar-refractivity contribution in [3.63, 3.8) is 0 Å². The highest BCUT2D eigenvalue weighted by Crippen LogP contribution is 2.14. The van der Waals surface area contributed by atoms with Crippen LogP contribution in [0.15, 0.2) is 36.5 Å². The van der Waals surface area contributed by atoms with Crippen molar-refractivity contribution >= 4 is 17.9 Å². The van der Waals surface area contributed by atoms with Gasteiger partial charge in [-0.2, -0.15) is 0 Å². The van der Waals surface area contributed by atoms with E-state index in [-0.39, 0.29) is 31.6 Å². The van der Waals surface area contributed by atoms with E-state index in [1.165, 1.54) is 103 Å². The Balaban J connectivity index is 4.40. The maximum atomic E-state index is 12.5. The first kappa shape index (κ1) is 46.6. The second-order valence-electron chi connectivity index (χ2n) is 13.5. The number of carbonyl (C=O) groups is 3. The van der Waals surface area contributed by atoms with Gasteiger partial charge in [-0.3, -0.25) is 14.4 Å². The summed E-state index contributed by atoms with van der Waals surface area (Å²) in [6.07, 6.45) is 41.6. The maximum absolute atomic E-state index is 12.5. The quantitative estimate of drug-likeness (QED) is 0.0282. The van der Waals surface area contributed by atoms with Gasteiger partial charge in [0.1, 0.15) is 13.2 Å². The van der Waals surface area contributed by atoms with Gasteiger partial charge in [-0.25, -0.2) is 0 Å². The smallest absolute Gasteiger partial charge is 0.310 e. The van der Waals surface area contributed by atoms with Gasteiger partial charge in [0, 0.05) is 12.8 Å². The Bertz CT molecular complexity index is 845. The van der Waals surface area contributed by atoms with E-state index >= 15 is 0 Å². The SMILES string of the molecule is CC/C=C\C/C=C\C/C=C\CC(=O)OC(COC(=O)CCCCCCCCCCC)COC(=O)CCCCCCCCCCCCCCC. The monoisotopic (exact) mass is 689 g/mol. The van der Waals surface area contributed by atoms with Crippen LogP contribution in [0, 0.1) is 0 Å². The van der Waals surface area contributed by atoms with Gasteiger partial charge in [0.2, 0.25) is 0 Å². The third-order valence-corrected chi connectivity index (χ3v) is 8.69. The molecular weight excluding hydrogens is 612 g/mol. The van der Waals surface area contributed by atoms with Gasteiger partial charge >= 0.3 is 17.9 Å². The highest BCUT2D eigenvalue weighted by molar-refractivity contribution is 5.72. The van der Waals surface area contributed by atoms with Crippen LogP contribution in [0.25, 0.3) is 0 Å². The number of ether oxygens (including phenoxy) is 3. The van der Waals surface area contributed by atoms with Gasteiger partial charge in [-0.15, -0.1) is 0 Å². The number of rotatable bonds is 36. The Hall–Kier alpha value is -2.37. The minimum Gasteiger partial charge on any atom is -0.462 e. The standard InChI is InChI=1S/C43H76O6/c1-4-7-10-13-16-19-20-21-22-25-27-30-33-36-42(45)48-39-40(49-43(46)37-34-31-28-24-18-15-12-9-6-3)38-47-41(44)35-32-29-26-23-17-14-11-8-5-2/h9,12,18,24,31,34,40H,4-8,10-11,13-17,19-23,25-30,32-33,35-39H2,1-3H3/b12-9-,24-18-,34-31-. The molecule has 0 spiro atoms. The van der Waals surface area contributed by atoms with E-state index in [9.17, 15) is 14.4 Å². The zero-order chi connectivity index (χ0) is 35.9. The molecule has 0 heterocycles. The molecule has 0 fully saturated rings. The zero-order valence-corrected chi connectivity index (χ0v) is 32.2. The van der Waals surface area contributed by atoms with Crippen molar-refractivity contribution in [1.82, 2.24) is 0 Å². The van der Waals surface area contributed by atoms with Gasteiger partial charge in [0.15, 0.2) is 6.10 Å². The first-order valence-electron chi connectivity index (χ1n) is 20.5. The van der Waals surface area contributed by atoms with E-state index in [1.807, 2.05) is 6.08 Å². The van der Waals surface area contributed by atoms with E-state index in [0.29, 0.717) is 12.8 Å². The lowest BCUT2D eigenvalue weighted by Crippen LogP contribution is -2.30. The van der Waals surface area contributed by atoms with Crippen LogP contribution in [0.2, 0.25) is 0 Å². The summed E-state index contributed by atoms with van der Waals surface area (Å²) in [5, 5.41) is 0. The van der Waals surface area contributed by atoms with Crippen LogP contribution in [0.5, 0.6) is 0 Å².